The molecule has 1 fully saturated rings. The van der Waals surface area contributed by atoms with E-state index in [4.69, 9.17) is 4.42 Å². The molecule has 1 saturated heterocycles. The van der Waals surface area contributed by atoms with Gasteiger partial charge in [0.15, 0.2) is 9.84 Å². The molecule has 3 rings (SSSR count). The van der Waals surface area contributed by atoms with Gasteiger partial charge in [0.05, 0.1) is 25.0 Å². The van der Waals surface area contributed by atoms with Gasteiger partial charge < -0.3 is 9.73 Å². The molecule has 0 bridgehead atoms. The first-order valence-electron chi connectivity index (χ1n) is 8.45. The highest BCUT2D eigenvalue weighted by molar-refractivity contribution is 7.90. The van der Waals surface area contributed by atoms with Crippen molar-refractivity contribution < 1.29 is 17.6 Å². The number of aromatic nitrogens is 2. The van der Waals surface area contributed by atoms with Crippen molar-refractivity contribution in [3.8, 4) is 0 Å². The molecule has 26 heavy (non-hydrogen) atoms. The maximum absolute atomic E-state index is 12.2. The highest BCUT2D eigenvalue weighted by Gasteiger charge is 2.28. The van der Waals surface area contributed by atoms with E-state index in [-0.39, 0.29) is 23.3 Å². The number of piperidine rings is 1. The SMILES string of the molecule is CS(=O)(=O)c1cncnc1[C@@H]1CCCN(CC(=O)NCc2ccco2)C1. The minimum atomic E-state index is -3.39. The number of rotatable bonds is 6. The summed E-state index contributed by atoms with van der Waals surface area (Å²) < 4.78 is 29.2. The smallest absolute Gasteiger partial charge is 0.234 e. The first-order chi connectivity index (χ1) is 12.4. The minimum absolute atomic E-state index is 0.0330. The second-order valence-electron chi connectivity index (χ2n) is 6.47. The Hall–Kier alpha value is -2.26. The van der Waals surface area contributed by atoms with Gasteiger partial charge in [0.2, 0.25) is 5.91 Å². The lowest BCUT2D eigenvalue weighted by Gasteiger charge is -2.32. The van der Waals surface area contributed by atoms with E-state index in [0.717, 1.165) is 25.6 Å². The summed E-state index contributed by atoms with van der Waals surface area (Å²) >= 11 is 0. The lowest BCUT2D eigenvalue weighted by Crippen LogP contribution is -2.42. The Labute approximate surface area is 152 Å². The van der Waals surface area contributed by atoms with Crippen molar-refractivity contribution in [1.82, 2.24) is 20.2 Å². The van der Waals surface area contributed by atoms with Gasteiger partial charge in [0.1, 0.15) is 17.0 Å². The highest BCUT2D eigenvalue weighted by atomic mass is 32.2. The molecule has 140 valence electrons. The molecule has 2 aromatic rings. The van der Waals surface area contributed by atoms with Gasteiger partial charge in [0, 0.05) is 24.9 Å². The van der Waals surface area contributed by atoms with Crippen molar-refractivity contribution >= 4 is 15.7 Å². The predicted octanol–water partition coefficient (Wildman–Crippen LogP) is 0.969. The number of sulfone groups is 1. The first kappa shape index (κ1) is 18.5. The van der Waals surface area contributed by atoms with Crippen LogP contribution in [0.3, 0.4) is 0 Å². The topological polar surface area (TPSA) is 105 Å². The monoisotopic (exact) mass is 378 g/mol. The van der Waals surface area contributed by atoms with Gasteiger partial charge in [-0.3, -0.25) is 9.69 Å². The Kier molecular flexibility index (Phi) is 5.67. The zero-order chi connectivity index (χ0) is 18.6. The number of likely N-dealkylation sites (tertiary alicyclic amines) is 1. The summed E-state index contributed by atoms with van der Waals surface area (Å²) in [6, 6.07) is 3.58. The average Bonchev–Trinajstić information content (AvgIpc) is 3.13. The minimum Gasteiger partial charge on any atom is -0.467 e. The zero-order valence-electron chi connectivity index (χ0n) is 14.6. The second-order valence-corrected chi connectivity index (χ2v) is 8.46. The van der Waals surface area contributed by atoms with Gasteiger partial charge in [0.25, 0.3) is 0 Å². The number of nitrogens with one attached hydrogen (secondary N) is 1. The molecule has 1 atom stereocenters. The van der Waals surface area contributed by atoms with Crippen LogP contribution < -0.4 is 5.32 Å². The maximum atomic E-state index is 12.2. The van der Waals surface area contributed by atoms with Crippen LogP contribution in [0.4, 0.5) is 0 Å². The molecule has 2 aromatic heterocycles. The molecule has 1 aliphatic heterocycles. The summed E-state index contributed by atoms with van der Waals surface area (Å²) in [7, 11) is -3.39. The Morgan fingerprint density at radius 1 is 1.46 bits per heavy atom. The van der Waals surface area contributed by atoms with Crippen LogP contribution in [0.15, 0.2) is 40.2 Å². The van der Waals surface area contributed by atoms with E-state index in [2.05, 4.69) is 15.3 Å². The van der Waals surface area contributed by atoms with Crippen LogP contribution in [-0.2, 0) is 21.2 Å². The first-order valence-corrected chi connectivity index (χ1v) is 10.3. The number of nitrogens with zero attached hydrogens (tertiary/aromatic N) is 3. The van der Waals surface area contributed by atoms with Crippen molar-refractivity contribution in [2.75, 3.05) is 25.9 Å². The van der Waals surface area contributed by atoms with Gasteiger partial charge in [-0.25, -0.2) is 18.4 Å². The number of hydrogen-bond donors (Lipinski definition) is 1. The fraction of sp³-hybridized carbons (Fsp3) is 0.471. The number of furan rings is 1. The number of carbonyl (C=O) groups is 1. The molecule has 3 heterocycles. The van der Waals surface area contributed by atoms with E-state index in [9.17, 15) is 13.2 Å². The van der Waals surface area contributed by atoms with Crippen LogP contribution >= 0.6 is 0 Å². The quantitative estimate of drug-likeness (QED) is 0.798. The van der Waals surface area contributed by atoms with Crippen molar-refractivity contribution in [2.24, 2.45) is 0 Å². The predicted molar refractivity (Wildman–Crippen MR) is 94.1 cm³/mol. The molecule has 0 aromatic carbocycles. The lowest BCUT2D eigenvalue weighted by atomic mass is 9.94. The largest absolute Gasteiger partial charge is 0.467 e. The van der Waals surface area contributed by atoms with Crippen LogP contribution in [0.2, 0.25) is 0 Å². The Morgan fingerprint density at radius 2 is 2.31 bits per heavy atom. The molecule has 9 heteroatoms. The third-order valence-corrected chi connectivity index (χ3v) is 5.52. The summed E-state index contributed by atoms with van der Waals surface area (Å²) in [6.45, 7) is 2.00. The van der Waals surface area contributed by atoms with E-state index < -0.39 is 9.84 Å². The lowest BCUT2D eigenvalue weighted by molar-refractivity contribution is -0.122. The highest BCUT2D eigenvalue weighted by Crippen LogP contribution is 2.29. The molecule has 0 spiro atoms. The molecule has 0 unspecified atom stereocenters. The molecule has 1 N–H and O–H groups in total. The standard InChI is InChI=1S/C17H22N4O4S/c1-26(23,24)15-9-18-12-20-17(15)13-4-2-6-21(10-13)11-16(22)19-8-14-5-3-7-25-14/h3,5,7,9,12-13H,2,4,6,8,10-11H2,1H3,(H,19,22)/t13-/m1/s1. The number of hydrogen-bond acceptors (Lipinski definition) is 7. The molecular weight excluding hydrogens is 356 g/mol. The van der Waals surface area contributed by atoms with Crippen LogP contribution in [0, 0.1) is 0 Å². The van der Waals surface area contributed by atoms with E-state index in [0.29, 0.717) is 24.5 Å². The van der Waals surface area contributed by atoms with Crippen molar-refractivity contribution in [2.45, 2.75) is 30.2 Å². The molecule has 0 aliphatic carbocycles. The Morgan fingerprint density at radius 3 is 3.04 bits per heavy atom. The fourth-order valence-corrected chi connectivity index (χ4v) is 4.05. The normalized spacial score (nSPS) is 18.6. The molecular formula is C17H22N4O4S. The third-order valence-electron chi connectivity index (χ3n) is 4.41. The van der Waals surface area contributed by atoms with Crippen LogP contribution in [0.1, 0.15) is 30.2 Å². The molecule has 0 radical (unpaired) electrons. The third kappa shape index (κ3) is 4.67. The Bertz CT molecular complexity index is 851. The summed E-state index contributed by atoms with van der Waals surface area (Å²) in [4.78, 5) is 22.4. The fourth-order valence-electron chi connectivity index (χ4n) is 3.20. The van der Waals surface area contributed by atoms with Gasteiger partial charge in [-0.1, -0.05) is 0 Å². The molecule has 8 nitrogen and oxygen atoms in total. The summed E-state index contributed by atoms with van der Waals surface area (Å²) in [5, 5.41) is 2.83. The summed E-state index contributed by atoms with van der Waals surface area (Å²) in [5.41, 5.74) is 0.545. The van der Waals surface area contributed by atoms with E-state index in [1.54, 1.807) is 18.4 Å². The molecule has 1 aliphatic rings. The van der Waals surface area contributed by atoms with Crippen LogP contribution in [0.25, 0.3) is 0 Å². The second kappa shape index (κ2) is 7.96. The summed E-state index contributed by atoms with van der Waals surface area (Å²) in [5.74, 6) is 0.580. The van der Waals surface area contributed by atoms with E-state index in [1.807, 2.05) is 4.90 Å². The van der Waals surface area contributed by atoms with Gasteiger partial charge in [-0.05, 0) is 31.5 Å². The van der Waals surface area contributed by atoms with Gasteiger partial charge in [-0.2, -0.15) is 0 Å². The average molecular weight is 378 g/mol. The van der Waals surface area contributed by atoms with Gasteiger partial charge in [-0.15, -0.1) is 0 Å². The Balaban J connectivity index is 1.62. The van der Waals surface area contributed by atoms with Crippen LogP contribution in [-0.4, -0.2) is 55.1 Å². The van der Waals surface area contributed by atoms with Crippen molar-refractivity contribution in [1.29, 1.82) is 0 Å². The summed E-state index contributed by atoms with van der Waals surface area (Å²) in [6.07, 6.45) is 7.18. The molecule has 1 amide bonds. The van der Waals surface area contributed by atoms with Crippen molar-refractivity contribution in [3.63, 3.8) is 0 Å². The maximum Gasteiger partial charge on any atom is 0.234 e. The number of amides is 1. The van der Waals surface area contributed by atoms with E-state index in [1.165, 1.54) is 12.5 Å². The van der Waals surface area contributed by atoms with E-state index >= 15 is 0 Å². The zero-order valence-corrected chi connectivity index (χ0v) is 15.4. The number of carbonyl (C=O) groups excluding carboxylic acids is 1. The van der Waals surface area contributed by atoms with Gasteiger partial charge >= 0.3 is 0 Å². The van der Waals surface area contributed by atoms with Crippen molar-refractivity contribution in [3.05, 3.63) is 42.4 Å². The van der Waals surface area contributed by atoms with Crippen LogP contribution in [0.5, 0.6) is 0 Å². The molecule has 0 saturated carbocycles.